The number of piperidine rings is 1. The lowest BCUT2D eigenvalue weighted by Crippen LogP contribution is -2.57. The molecule has 1 saturated heterocycles. The lowest BCUT2D eigenvalue weighted by Gasteiger charge is -2.52. The lowest BCUT2D eigenvalue weighted by molar-refractivity contribution is -0.0348. The van der Waals surface area contributed by atoms with Crippen LogP contribution in [0, 0.1) is 0 Å². The summed E-state index contributed by atoms with van der Waals surface area (Å²) >= 11 is 7.50. The van der Waals surface area contributed by atoms with Gasteiger partial charge in [0.05, 0.1) is 22.4 Å². The summed E-state index contributed by atoms with van der Waals surface area (Å²) in [4.78, 5) is 26.6. The number of hydrogen-bond acceptors (Lipinski definition) is 5. The maximum absolute atomic E-state index is 13.5. The standard InChI is InChI=1S/C31H31ClN4OS/c1-30(2)14-5-15-31(3,4)36(30)18-23-11-8-21-16-24(12-13-25(21)34-23)35-19-33-26-17-27(38-28(26)29(35)37)20-6-9-22(32)10-7-20/h6-13,16-17,19H,5,14-15,18H2,1-4H3. The van der Waals surface area contributed by atoms with Crippen LogP contribution in [-0.2, 0) is 6.54 Å². The summed E-state index contributed by atoms with van der Waals surface area (Å²) in [6, 6.07) is 19.8. The smallest absolute Gasteiger partial charge is 0.275 e. The predicted octanol–water partition coefficient (Wildman–Crippen LogP) is 7.86. The van der Waals surface area contributed by atoms with Gasteiger partial charge >= 0.3 is 0 Å². The van der Waals surface area contributed by atoms with Crippen molar-refractivity contribution < 1.29 is 0 Å². The number of fused-ring (bicyclic) bond motifs is 2. The van der Waals surface area contributed by atoms with Crippen molar-refractivity contribution in [3.8, 4) is 16.1 Å². The predicted molar refractivity (Wildman–Crippen MR) is 159 cm³/mol. The van der Waals surface area contributed by atoms with Crippen LogP contribution < -0.4 is 5.56 Å². The van der Waals surface area contributed by atoms with Crippen LogP contribution in [0.25, 0.3) is 37.2 Å². The van der Waals surface area contributed by atoms with Crippen LogP contribution >= 0.6 is 22.9 Å². The van der Waals surface area contributed by atoms with E-state index < -0.39 is 0 Å². The van der Waals surface area contributed by atoms with Gasteiger partial charge in [-0.3, -0.25) is 19.2 Å². The summed E-state index contributed by atoms with van der Waals surface area (Å²) < 4.78 is 2.26. The molecule has 0 unspecified atom stereocenters. The fraction of sp³-hybridized carbons (Fsp3) is 0.323. The minimum absolute atomic E-state index is 0.0706. The molecule has 0 amide bonds. The highest BCUT2D eigenvalue weighted by molar-refractivity contribution is 7.22. The van der Waals surface area contributed by atoms with Crippen molar-refractivity contribution in [2.45, 2.75) is 64.6 Å². The van der Waals surface area contributed by atoms with Crippen LogP contribution in [0.2, 0.25) is 5.02 Å². The monoisotopic (exact) mass is 542 g/mol. The number of thiophene rings is 1. The van der Waals surface area contributed by atoms with Gasteiger partial charge in [-0.05, 0) is 95.0 Å². The Morgan fingerprint density at radius 3 is 2.39 bits per heavy atom. The number of pyridine rings is 1. The van der Waals surface area contributed by atoms with Crippen LogP contribution in [0.3, 0.4) is 0 Å². The van der Waals surface area contributed by atoms with Gasteiger partial charge in [-0.25, -0.2) is 4.98 Å². The summed E-state index contributed by atoms with van der Waals surface area (Å²) in [6.45, 7) is 10.2. The first-order valence-corrected chi connectivity index (χ1v) is 14.3. The van der Waals surface area contributed by atoms with E-state index in [0.717, 1.165) is 39.3 Å². The van der Waals surface area contributed by atoms with Crippen molar-refractivity contribution in [2.24, 2.45) is 0 Å². The molecule has 7 heteroatoms. The van der Waals surface area contributed by atoms with Crippen LogP contribution in [0.5, 0.6) is 0 Å². The molecule has 5 aromatic rings. The Labute approximate surface area is 231 Å². The van der Waals surface area contributed by atoms with Gasteiger partial charge in [0.1, 0.15) is 11.0 Å². The molecule has 0 radical (unpaired) electrons. The highest BCUT2D eigenvalue weighted by Gasteiger charge is 2.41. The van der Waals surface area contributed by atoms with Gasteiger partial charge in [0.2, 0.25) is 0 Å². The van der Waals surface area contributed by atoms with Crippen LogP contribution in [-0.4, -0.2) is 30.5 Å². The fourth-order valence-corrected chi connectivity index (χ4v) is 7.05. The third-order valence-electron chi connectivity index (χ3n) is 7.93. The number of halogens is 1. The Bertz CT molecular complexity index is 1700. The van der Waals surface area contributed by atoms with E-state index in [1.807, 2.05) is 48.5 Å². The van der Waals surface area contributed by atoms with Crippen molar-refractivity contribution in [1.29, 1.82) is 0 Å². The van der Waals surface area contributed by atoms with E-state index in [9.17, 15) is 4.79 Å². The number of benzene rings is 2. The third-order valence-corrected chi connectivity index (χ3v) is 9.35. The van der Waals surface area contributed by atoms with Crippen LogP contribution in [0.15, 0.2) is 71.8 Å². The molecule has 4 heterocycles. The minimum atomic E-state index is -0.0706. The molecule has 0 atom stereocenters. The Kier molecular flexibility index (Phi) is 6.17. The van der Waals surface area contributed by atoms with Crippen molar-refractivity contribution in [2.75, 3.05) is 0 Å². The second kappa shape index (κ2) is 9.30. The summed E-state index contributed by atoms with van der Waals surface area (Å²) in [7, 11) is 0. The Morgan fingerprint density at radius 1 is 0.921 bits per heavy atom. The minimum Gasteiger partial charge on any atom is -0.287 e. The topological polar surface area (TPSA) is 51.0 Å². The molecule has 6 rings (SSSR count). The zero-order valence-corrected chi connectivity index (χ0v) is 23.7. The van der Waals surface area contributed by atoms with E-state index >= 15 is 0 Å². The SMILES string of the molecule is CC1(C)CCCC(C)(C)N1Cc1ccc2cc(-n3cnc4cc(-c5ccc(Cl)cc5)sc4c3=O)ccc2n1. The molecule has 0 bridgehead atoms. The number of rotatable bonds is 4. The second-order valence-electron chi connectivity index (χ2n) is 11.5. The molecule has 0 spiro atoms. The van der Waals surface area contributed by atoms with E-state index in [-0.39, 0.29) is 16.6 Å². The molecule has 1 aliphatic rings. The Morgan fingerprint density at radius 2 is 1.66 bits per heavy atom. The van der Waals surface area contributed by atoms with Crippen LogP contribution in [0.1, 0.15) is 52.7 Å². The molecule has 0 saturated carbocycles. The summed E-state index contributed by atoms with van der Waals surface area (Å²) in [6.07, 6.45) is 5.28. The molecule has 194 valence electrons. The average molecular weight is 543 g/mol. The van der Waals surface area contributed by atoms with Crippen molar-refractivity contribution in [3.05, 3.63) is 88.1 Å². The molecule has 38 heavy (non-hydrogen) atoms. The van der Waals surface area contributed by atoms with Gasteiger partial charge < -0.3 is 0 Å². The summed E-state index contributed by atoms with van der Waals surface area (Å²) in [5, 5.41) is 1.69. The van der Waals surface area contributed by atoms with Gasteiger partial charge in [0.15, 0.2) is 0 Å². The molecular weight excluding hydrogens is 512 g/mol. The third kappa shape index (κ3) is 4.55. The van der Waals surface area contributed by atoms with E-state index in [1.54, 1.807) is 10.9 Å². The van der Waals surface area contributed by atoms with Crippen LogP contribution in [0.4, 0.5) is 0 Å². The number of aromatic nitrogens is 3. The molecule has 3 aromatic heterocycles. The van der Waals surface area contributed by atoms with Crippen molar-refractivity contribution >= 4 is 44.1 Å². The van der Waals surface area contributed by atoms with E-state index in [1.165, 1.54) is 30.6 Å². The normalized spacial score (nSPS) is 17.3. The van der Waals surface area contributed by atoms with Gasteiger partial charge in [0.25, 0.3) is 5.56 Å². The van der Waals surface area contributed by atoms with Gasteiger partial charge in [-0.15, -0.1) is 11.3 Å². The molecule has 2 aromatic carbocycles. The number of hydrogen-bond donors (Lipinski definition) is 0. The first-order chi connectivity index (χ1) is 18.1. The zero-order chi connectivity index (χ0) is 26.7. The summed E-state index contributed by atoms with van der Waals surface area (Å²) in [5.41, 5.74) is 4.73. The van der Waals surface area contributed by atoms with E-state index in [0.29, 0.717) is 15.2 Å². The molecule has 1 aliphatic heterocycles. The second-order valence-corrected chi connectivity index (χ2v) is 13.0. The molecule has 0 N–H and O–H groups in total. The van der Waals surface area contributed by atoms with E-state index in [4.69, 9.17) is 16.6 Å². The first kappa shape index (κ1) is 25.2. The number of likely N-dealkylation sites (tertiary alicyclic amines) is 1. The highest BCUT2D eigenvalue weighted by atomic mass is 35.5. The maximum Gasteiger partial charge on any atom is 0.275 e. The molecular formula is C31H31ClN4OS. The van der Waals surface area contributed by atoms with Crippen molar-refractivity contribution in [3.63, 3.8) is 0 Å². The van der Waals surface area contributed by atoms with Gasteiger partial charge in [-0.1, -0.05) is 29.8 Å². The molecule has 1 fully saturated rings. The average Bonchev–Trinajstić information content (AvgIpc) is 3.32. The summed E-state index contributed by atoms with van der Waals surface area (Å²) in [5.74, 6) is 0. The highest BCUT2D eigenvalue weighted by Crippen LogP contribution is 2.39. The maximum atomic E-state index is 13.5. The van der Waals surface area contributed by atoms with Gasteiger partial charge in [0, 0.05) is 32.9 Å². The zero-order valence-electron chi connectivity index (χ0n) is 22.2. The first-order valence-electron chi connectivity index (χ1n) is 13.1. The lowest BCUT2D eigenvalue weighted by atomic mass is 9.79. The quantitative estimate of drug-likeness (QED) is 0.232. The Balaban J connectivity index is 1.32. The molecule has 0 aliphatic carbocycles. The van der Waals surface area contributed by atoms with Crippen molar-refractivity contribution in [1.82, 2.24) is 19.4 Å². The molecule has 5 nitrogen and oxygen atoms in total. The Hall–Kier alpha value is -3.06. The number of nitrogens with zero attached hydrogens (tertiary/aromatic N) is 4. The van der Waals surface area contributed by atoms with Gasteiger partial charge in [-0.2, -0.15) is 0 Å². The largest absolute Gasteiger partial charge is 0.287 e. The fourth-order valence-electron chi connectivity index (χ4n) is 5.88. The van der Waals surface area contributed by atoms with E-state index in [2.05, 4.69) is 49.7 Å².